The summed E-state index contributed by atoms with van der Waals surface area (Å²) in [5.41, 5.74) is 2.00. The zero-order valence-corrected chi connectivity index (χ0v) is 14.3. The van der Waals surface area contributed by atoms with Gasteiger partial charge < -0.3 is 0 Å². The summed E-state index contributed by atoms with van der Waals surface area (Å²) in [6, 6.07) is 7.68. The van der Waals surface area contributed by atoms with Crippen LogP contribution in [0.4, 0.5) is 0 Å². The van der Waals surface area contributed by atoms with Crippen LogP contribution in [-0.4, -0.2) is 25.2 Å². The van der Waals surface area contributed by atoms with Gasteiger partial charge >= 0.3 is 0 Å². The maximum absolute atomic E-state index is 5.91. The Morgan fingerprint density at radius 1 is 1.27 bits per heavy atom. The largest absolute Gasteiger partial charge is 0.229 e. The van der Waals surface area contributed by atoms with Crippen molar-refractivity contribution in [2.75, 3.05) is 0 Å². The predicted octanol–water partition coefficient (Wildman–Crippen LogP) is 4.40. The highest BCUT2D eigenvalue weighted by Crippen LogP contribution is 2.32. The van der Waals surface area contributed by atoms with Gasteiger partial charge in [0.1, 0.15) is 0 Å². The summed E-state index contributed by atoms with van der Waals surface area (Å²) in [6.45, 7) is 2.98. The number of aryl methyl sites for hydroxylation is 1. The maximum Gasteiger partial charge on any atom is 0.216 e. The Bertz CT molecular complexity index is 738. The van der Waals surface area contributed by atoms with E-state index < -0.39 is 0 Å². The molecule has 114 valence electrons. The second kappa shape index (κ2) is 7.21. The Morgan fingerprint density at radius 3 is 2.86 bits per heavy atom. The van der Waals surface area contributed by atoms with E-state index >= 15 is 0 Å². The number of halogens is 1. The molecule has 0 amide bonds. The maximum atomic E-state index is 5.91. The first-order valence-corrected chi connectivity index (χ1v) is 8.99. The van der Waals surface area contributed by atoms with Gasteiger partial charge in [-0.2, -0.15) is 0 Å². The Kier molecular flexibility index (Phi) is 5.07. The first kappa shape index (κ1) is 15.5. The number of unbranched alkanes of at least 4 members (excludes halogenated alkanes) is 1. The van der Waals surface area contributed by atoms with Gasteiger partial charge in [-0.3, -0.25) is 0 Å². The van der Waals surface area contributed by atoms with Crippen LogP contribution in [0.5, 0.6) is 0 Å². The third kappa shape index (κ3) is 3.66. The minimum absolute atomic E-state index is 0.726. The van der Waals surface area contributed by atoms with Crippen molar-refractivity contribution in [1.82, 2.24) is 25.2 Å². The van der Waals surface area contributed by atoms with Gasteiger partial charge in [0, 0.05) is 22.5 Å². The van der Waals surface area contributed by atoms with Crippen molar-refractivity contribution in [1.29, 1.82) is 0 Å². The second-order valence-corrected chi connectivity index (χ2v) is 7.15. The number of aromatic nitrogens is 5. The highest BCUT2D eigenvalue weighted by atomic mass is 35.5. The van der Waals surface area contributed by atoms with E-state index in [9.17, 15) is 0 Å². The van der Waals surface area contributed by atoms with E-state index in [-0.39, 0.29) is 0 Å². The van der Waals surface area contributed by atoms with Crippen LogP contribution in [-0.2, 0) is 6.54 Å². The van der Waals surface area contributed by atoms with Crippen LogP contribution in [0.1, 0.15) is 19.8 Å². The molecular formula is C14H14ClN5S2. The lowest BCUT2D eigenvalue weighted by Gasteiger charge is -2.00. The molecule has 0 N–H and O–H groups in total. The van der Waals surface area contributed by atoms with Crippen LogP contribution in [0.3, 0.4) is 0 Å². The zero-order chi connectivity index (χ0) is 15.4. The number of nitrogens with zero attached hydrogens (tertiary/aromatic N) is 5. The summed E-state index contributed by atoms with van der Waals surface area (Å²) in [5, 5.41) is 15.4. The Morgan fingerprint density at radius 2 is 2.09 bits per heavy atom. The molecule has 0 radical (unpaired) electrons. The molecule has 3 aromatic rings. The van der Waals surface area contributed by atoms with Crippen molar-refractivity contribution >= 4 is 34.7 Å². The van der Waals surface area contributed by atoms with Crippen LogP contribution in [0, 0.1) is 0 Å². The van der Waals surface area contributed by atoms with Crippen LogP contribution < -0.4 is 0 Å². The smallest absolute Gasteiger partial charge is 0.216 e. The number of benzene rings is 1. The third-order valence-electron chi connectivity index (χ3n) is 3.02. The zero-order valence-electron chi connectivity index (χ0n) is 11.9. The summed E-state index contributed by atoms with van der Waals surface area (Å²) in [4.78, 5) is 4.64. The summed E-state index contributed by atoms with van der Waals surface area (Å²) >= 11 is 9.00. The van der Waals surface area contributed by atoms with Crippen LogP contribution in [0.15, 0.2) is 39.1 Å². The highest BCUT2D eigenvalue weighted by Gasteiger charge is 2.11. The average Bonchev–Trinajstić information content (AvgIpc) is 3.16. The van der Waals surface area contributed by atoms with E-state index in [0.29, 0.717) is 0 Å². The molecule has 2 heterocycles. The topological polar surface area (TPSA) is 56.5 Å². The fourth-order valence-electron chi connectivity index (χ4n) is 1.85. The minimum atomic E-state index is 0.726. The molecule has 8 heteroatoms. The molecule has 1 aromatic carbocycles. The number of tetrazole rings is 1. The van der Waals surface area contributed by atoms with Crippen molar-refractivity contribution in [3.8, 4) is 11.3 Å². The van der Waals surface area contributed by atoms with Gasteiger partial charge in [-0.1, -0.05) is 37.1 Å². The molecule has 0 aliphatic heterocycles. The molecule has 0 fully saturated rings. The molecule has 3 rings (SSSR count). The molecule has 0 spiro atoms. The molecule has 0 saturated heterocycles. The Balaban J connectivity index is 1.74. The van der Waals surface area contributed by atoms with Gasteiger partial charge in [-0.05, 0) is 40.7 Å². The molecular weight excluding hydrogens is 338 g/mol. The van der Waals surface area contributed by atoms with E-state index in [1.165, 1.54) is 11.8 Å². The predicted molar refractivity (Wildman–Crippen MR) is 89.4 cm³/mol. The highest BCUT2D eigenvalue weighted by molar-refractivity contribution is 8.00. The molecule has 22 heavy (non-hydrogen) atoms. The van der Waals surface area contributed by atoms with Crippen LogP contribution in [0.25, 0.3) is 11.3 Å². The van der Waals surface area contributed by atoms with Gasteiger partial charge in [-0.15, -0.1) is 16.4 Å². The first-order chi connectivity index (χ1) is 10.8. The lowest BCUT2D eigenvalue weighted by molar-refractivity contribution is 0.518. The fraction of sp³-hybridized carbons (Fsp3) is 0.286. The first-order valence-electron chi connectivity index (χ1n) is 6.91. The Hall–Kier alpha value is -1.44. The summed E-state index contributed by atoms with van der Waals surface area (Å²) in [7, 11) is 0. The summed E-state index contributed by atoms with van der Waals surface area (Å²) < 4.78 is 2.76. The minimum Gasteiger partial charge on any atom is -0.229 e. The number of rotatable bonds is 6. The molecule has 0 bridgehead atoms. The summed E-state index contributed by atoms with van der Waals surface area (Å²) in [6.07, 6.45) is 2.18. The fourth-order valence-corrected chi connectivity index (χ4v) is 3.70. The molecule has 0 saturated carbocycles. The Labute approximate surface area is 141 Å². The lowest BCUT2D eigenvalue weighted by Crippen LogP contribution is -2.01. The van der Waals surface area contributed by atoms with Crippen molar-refractivity contribution in [3.63, 3.8) is 0 Å². The molecule has 0 atom stereocenters. The quantitative estimate of drug-likeness (QED) is 0.658. The molecule has 0 aliphatic rings. The molecule has 0 unspecified atom stereocenters. The SMILES string of the molecule is CCCCn1nnnc1Sc1nc(-c2ccc(Cl)cc2)cs1. The van der Waals surface area contributed by atoms with Crippen molar-refractivity contribution in [2.24, 2.45) is 0 Å². The van der Waals surface area contributed by atoms with Gasteiger partial charge in [0.25, 0.3) is 0 Å². The van der Waals surface area contributed by atoms with E-state index in [1.807, 2.05) is 34.3 Å². The van der Waals surface area contributed by atoms with E-state index in [2.05, 4.69) is 27.4 Å². The second-order valence-electron chi connectivity index (χ2n) is 4.65. The van der Waals surface area contributed by atoms with Crippen LogP contribution in [0.2, 0.25) is 5.02 Å². The number of hydrogen-bond donors (Lipinski definition) is 0. The van der Waals surface area contributed by atoms with Gasteiger partial charge in [-0.25, -0.2) is 9.67 Å². The van der Waals surface area contributed by atoms with Gasteiger partial charge in [0.05, 0.1) is 5.69 Å². The van der Waals surface area contributed by atoms with Gasteiger partial charge in [0.2, 0.25) is 5.16 Å². The van der Waals surface area contributed by atoms with Crippen molar-refractivity contribution < 1.29 is 0 Å². The van der Waals surface area contributed by atoms with E-state index in [1.54, 1.807) is 11.3 Å². The standard InChI is InChI=1S/C14H14ClN5S2/c1-2-3-8-20-13(17-18-19-20)22-14-16-12(9-21-14)10-4-6-11(15)7-5-10/h4-7,9H,2-3,8H2,1H3. The molecule has 0 aliphatic carbocycles. The lowest BCUT2D eigenvalue weighted by atomic mass is 10.2. The molecule has 5 nitrogen and oxygen atoms in total. The van der Waals surface area contributed by atoms with Gasteiger partial charge in [0.15, 0.2) is 4.34 Å². The molecule has 2 aromatic heterocycles. The number of hydrogen-bond acceptors (Lipinski definition) is 6. The normalized spacial score (nSPS) is 11.0. The third-order valence-corrected chi connectivity index (χ3v) is 5.19. The van der Waals surface area contributed by atoms with Crippen LogP contribution >= 0.6 is 34.7 Å². The summed E-state index contributed by atoms with van der Waals surface area (Å²) in [5.74, 6) is 0. The monoisotopic (exact) mass is 351 g/mol. The van der Waals surface area contributed by atoms with Crippen molar-refractivity contribution in [3.05, 3.63) is 34.7 Å². The van der Waals surface area contributed by atoms with E-state index in [4.69, 9.17) is 11.6 Å². The average molecular weight is 352 g/mol. The van der Waals surface area contributed by atoms with E-state index in [0.717, 1.165) is 45.2 Å². The van der Waals surface area contributed by atoms with Crippen molar-refractivity contribution in [2.45, 2.75) is 35.8 Å². The number of thiazole rings is 1.